The molecule has 0 amide bonds. The molecule has 1 aromatic rings. The van der Waals surface area contributed by atoms with Crippen LogP contribution in [0.5, 0.6) is 0 Å². The van der Waals surface area contributed by atoms with Crippen molar-refractivity contribution in [1.82, 2.24) is 0 Å². The van der Waals surface area contributed by atoms with Gasteiger partial charge in [0.2, 0.25) is 0 Å². The Labute approximate surface area is 135 Å². The Morgan fingerprint density at radius 1 is 1.05 bits per heavy atom. The maximum Gasteiger partial charge on any atom is 0.0841 e. The van der Waals surface area contributed by atoms with Crippen LogP contribution < -0.4 is 5.19 Å². The topological polar surface area (TPSA) is 0 Å². The highest BCUT2D eigenvalue weighted by Gasteiger charge is 2.35. The second kappa shape index (κ2) is 6.90. The van der Waals surface area contributed by atoms with Gasteiger partial charge in [-0.15, -0.1) is 0 Å². The third kappa shape index (κ3) is 3.54. The molecule has 0 N–H and O–H groups in total. The molecule has 0 bridgehead atoms. The summed E-state index contributed by atoms with van der Waals surface area (Å²) in [5.41, 5.74) is 3.92. The van der Waals surface area contributed by atoms with Gasteiger partial charge in [0.15, 0.2) is 0 Å². The molecule has 2 rings (SSSR count). The minimum Gasteiger partial charge on any atom is -0.0876 e. The van der Waals surface area contributed by atoms with E-state index >= 15 is 0 Å². The third-order valence-corrected chi connectivity index (χ3v) is 10.5. The van der Waals surface area contributed by atoms with Crippen molar-refractivity contribution in [3.8, 4) is 0 Å². The average Bonchev–Trinajstić information content (AvgIpc) is 2.47. The molecule has 0 aromatic heterocycles. The molecule has 1 aromatic carbocycles. The molecule has 0 radical (unpaired) electrons. The number of rotatable bonds is 4. The lowest BCUT2D eigenvalue weighted by atomic mass is 10.0. The standard InChI is InChI=1S/C16H24Br2Si/c1-19(2,15-6-4-3-5-7-15)16-10-13(11-17)8-9-14(16)12-18/h8-10,15H,3-7,11-12H2,1-2H3. The summed E-state index contributed by atoms with van der Waals surface area (Å²) < 4.78 is 0. The Kier molecular flexibility index (Phi) is 5.73. The first-order valence-corrected chi connectivity index (χ1v) is 12.7. The predicted octanol–water partition coefficient (Wildman–Crippen LogP) is 5.73. The summed E-state index contributed by atoms with van der Waals surface area (Å²) in [7, 11) is -1.34. The van der Waals surface area contributed by atoms with Gasteiger partial charge in [-0.1, -0.05) is 100 Å². The van der Waals surface area contributed by atoms with Crippen LogP contribution in [0.1, 0.15) is 43.2 Å². The lowest BCUT2D eigenvalue weighted by Crippen LogP contribution is -2.48. The first-order valence-electron chi connectivity index (χ1n) is 7.33. The summed E-state index contributed by atoms with van der Waals surface area (Å²) in [5, 5.41) is 3.65. The van der Waals surface area contributed by atoms with Gasteiger partial charge in [-0.05, 0) is 16.7 Å². The highest BCUT2D eigenvalue weighted by Crippen LogP contribution is 2.37. The van der Waals surface area contributed by atoms with Gasteiger partial charge in [0.1, 0.15) is 0 Å². The fraction of sp³-hybridized carbons (Fsp3) is 0.625. The van der Waals surface area contributed by atoms with Crippen molar-refractivity contribution >= 4 is 45.1 Å². The molecule has 19 heavy (non-hydrogen) atoms. The maximum absolute atomic E-state index is 3.68. The lowest BCUT2D eigenvalue weighted by Gasteiger charge is -2.37. The van der Waals surface area contributed by atoms with Gasteiger partial charge in [0, 0.05) is 10.7 Å². The minimum atomic E-state index is -1.34. The van der Waals surface area contributed by atoms with E-state index in [0.717, 1.165) is 16.2 Å². The van der Waals surface area contributed by atoms with E-state index < -0.39 is 8.07 Å². The summed E-state index contributed by atoms with van der Waals surface area (Å²) in [6.07, 6.45) is 7.26. The fourth-order valence-electron chi connectivity index (χ4n) is 3.47. The molecule has 0 nitrogen and oxygen atoms in total. The molecule has 1 aliphatic rings. The van der Waals surface area contributed by atoms with E-state index in [-0.39, 0.29) is 0 Å². The lowest BCUT2D eigenvalue weighted by molar-refractivity contribution is 0.494. The van der Waals surface area contributed by atoms with Gasteiger partial charge in [0.25, 0.3) is 0 Å². The summed E-state index contributed by atoms with van der Waals surface area (Å²) in [4.78, 5) is 0. The van der Waals surface area contributed by atoms with Crippen LogP contribution in [0.15, 0.2) is 18.2 Å². The van der Waals surface area contributed by atoms with Gasteiger partial charge in [0.05, 0.1) is 8.07 Å². The smallest absolute Gasteiger partial charge is 0.0841 e. The van der Waals surface area contributed by atoms with E-state index in [1.807, 2.05) is 0 Å². The van der Waals surface area contributed by atoms with Crippen LogP contribution in [0.2, 0.25) is 18.6 Å². The van der Waals surface area contributed by atoms with E-state index in [2.05, 4.69) is 63.2 Å². The van der Waals surface area contributed by atoms with E-state index in [1.165, 1.54) is 43.2 Å². The Bertz CT molecular complexity index is 423. The van der Waals surface area contributed by atoms with Gasteiger partial charge < -0.3 is 0 Å². The highest BCUT2D eigenvalue weighted by molar-refractivity contribution is 9.08. The zero-order valence-corrected chi connectivity index (χ0v) is 16.2. The van der Waals surface area contributed by atoms with Crippen LogP contribution in [-0.2, 0) is 10.7 Å². The monoisotopic (exact) mass is 402 g/mol. The number of benzene rings is 1. The Balaban J connectivity index is 2.36. The average molecular weight is 404 g/mol. The van der Waals surface area contributed by atoms with Crippen LogP contribution in [-0.4, -0.2) is 8.07 Å². The van der Waals surface area contributed by atoms with Crippen LogP contribution >= 0.6 is 31.9 Å². The van der Waals surface area contributed by atoms with Gasteiger partial charge >= 0.3 is 0 Å². The normalized spacial score (nSPS) is 17.7. The van der Waals surface area contributed by atoms with Crippen molar-refractivity contribution in [3.63, 3.8) is 0 Å². The second-order valence-corrected chi connectivity index (χ2v) is 12.2. The highest BCUT2D eigenvalue weighted by atomic mass is 79.9. The van der Waals surface area contributed by atoms with Crippen LogP contribution in [0.4, 0.5) is 0 Å². The van der Waals surface area contributed by atoms with Gasteiger partial charge in [-0.25, -0.2) is 0 Å². The van der Waals surface area contributed by atoms with Crippen molar-refractivity contribution in [2.45, 2.75) is 61.4 Å². The van der Waals surface area contributed by atoms with E-state index in [0.29, 0.717) is 0 Å². The van der Waals surface area contributed by atoms with Gasteiger partial charge in [-0.3, -0.25) is 0 Å². The molecule has 1 fully saturated rings. The van der Waals surface area contributed by atoms with Crippen molar-refractivity contribution in [3.05, 3.63) is 29.3 Å². The predicted molar refractivity (Wildman–Crippen MR) is 95.7 cm³/mol. The Morgan fingerprint density at radius 2 is 1.74 bits per heavy atom. The zero-order valence-electron chi connectivity index (χ0n) is 12.0. The first-order chi connectivity index (χ1) is 9.09. The van der Waals surface area contributed by atoms with Crippen molar-refractivity contribution in [2.75, 3.05) is 0 Å². The first kappa shape index (κ1) is 15.8. The molecule has 0 saturated heterocycles. The Hall–Kier alpha value is 0.397. The molecule has 1 saturated carbocycles. The van der Waals surface area contributed by atoms with E-state index in [1.54, 1.807) is 5.19 Å². The van der Waals surface area contributed by atoms with Crippen molar-refractivity contribution in [2.24, 2.45) is 0 Å². The third-order valence-electron chi connectivity index (χ3n) is 4.79. The summed E-state index contributed by atoms with van der Waals surface area (Å²) in [6, 6.07) is 7.07. The second-order valence-electron chi connectivity index (χ2n) is 6.32. The number of halogens is 2. The fourth-order valence-corrected chi connectivity index (χ4v) is 8.41. The van der Waals surface area contributed by atoms with Crippen LogP contribution in [0.3, 0.4) is 0 Å². The molecule has 0 atom stereocenters. The molecule has 106 valence electrons. The maximum atomic E-state index is 3.68. The number of alkyl halides is 2. The van der Waals surface area contributed by atoms with Crippen LogP contribution in [0, 0.1) is 0 Å². The molecular weight excluding hydrogens is 380 g/mol. The quantitative estimate of drug-likeness (QED) is 0.445. The Morgan fingerprint density at radius 3 is 2.32 bits per heavy atom. The molecule has 0 heterocycles. The van der Waals surface area contributed by atoms with Gasteiger partial charge in [-0.2, -0.15) is 0 Å². The summed E-state index contributed by atoms with van der Waals surface area (Å²) in [5.74, 6) is 0. The number of hydrogen-bond donors (Lipinski definition) is 0. The van der Waals surface area contributed by atoms with Crippen molar-refractivity contribution in [1.29, 1.82) is 0 Å². The molecular formula is C16H24Br2Si. The molecule has 3 heteroatoms. The van der Waals surface area contributed by atoms with Crippen LogP contribution in [0.25, 0.3) is 0 Å². The zero-order chi connectivity index (χ0) is 13.9. The SMILES string of the molecule is C[Si](C)(c1cc(CBr)ccc1CBr)C1CCCCC1. The molecule has 0 spiro atoms. The van der Waals surface area contributed by atoms with Crippen molar-refractivity contribution < 1.29 is 0 Å². The summed E-state index contributed by atoms with van der Waals surface area (Å²) >= 11 is 7.29. The largest absolute Gasteiger partial charge is 0.0876 e. The number of hydrogen-bond acceptors (Lipinski definition) is 0. The van der Waals surface area contributed by atoms with E-state index in [9.17, 15) is 0 Å². The van der Waals surface area contributed by atoms with E-state index in [4.69, 9.17) is 0 Å². The molecule has 0 unspecified atom stereocenters. The molecule has 1 aliphatic carbocycles. The minimum absolute atomic E-state index is 0.970. The summed E-state index contributed by atoms with van der Waals surface area (Å²) in [6.45, 7) is 5.17. The molecule has 0 aliphatic heterocycles.